The van der Waals surface area contributed by atoms with Crippen molar-refractivity contribution in [1.29, 1.82) is 0 Å². The Bertz CT molecular complexity index is 1570. The molecule has 0 spiro atoms. The number of aryl methyl sites for hydroxylation is 2. The number of imidazole rings is 1. The van der Waals surface area contributed by atoms with Crippen molar-refractivity contribution in [2.45, 2.75) is 34.3 Å². The number of nitrogens with one attached hydrogen (secondary N) is 1. The van der Waals surface area contributed by atoms with Crippen molar-refractivity contribution in [3.05, 3.63) is 102 Å². The second-order valence-corrected chi connectivity index (χ2v) is 8.99. The average Bonchev–Trinajstić information content (AvgIpc) is 3.38. The first-order valence-electron chi connectivity index (χ1n) is 11.9. The summed E-state index contributed by atoms with van der Waals surface area (Å²) in [5.74, 6) is 0.659. The van der Waals surface area contributed by atoms with Crippen LogP contribution in [0.25, 0.3) is 27.7 Å². The van der Waals surface area contributed by atoms with E-state index in [1.807, 2.05) is 48.0 Å². The number of fused-ring (bicyclic) bond motifs is 1. The Morgan fingerprint density at radius 3 is 2.64 bits per heavy atom. The lowest BCUT2D eigenvalue weighted by Crippen LogP contribution is -2.06. The van der Waals surface area contributed by atoms with Gasteiger partial charge in [-0.25, -0.2) is 9.97 Å². The van der Waals surface area contributed by atoms with Crippen molar-refractivity contribution in [2.24, 2.45) is 0 Å². The maximum absolute atomic E-state index is 11.5. The summed E-state index contributed by atoms with van der Waals surface area (Å²) < 4.78 is 8.41. The molecule has 36 heavy (non-hydrogen) atoms. The van der Waals surface area contributed by atoms with Crippen LogP contribution in [0.3, 0.4) is 0 Å². The number of para-hydroxylation sites is 1. The van der Waals surface area contributed by atoms with Crippen LogP contribution < -0.4 is 10.1 Å². The predicted octanol–water partition coefficient (Wildman–Crippen LogP) is 6.55. The zero-order valence-corrected chi connectivity index (χ0v) is 20.9. The summed E-state index contributed by atoms with van der Waals surface area (Å²) in [4.78, 5) is 20.5. The molecule has 0 aliphatic rings. The minimum absolute atomic E-state index is 0.0861. The van der Waals surface area contributed by atoms with Crippen molar-refractivity contribution in [3.8, 4) is 22.6 Å². The third kappa shape index (κ3) is 4.58. The highest BCUT2D eigenvalue weighted by atomic mass is 16.5. The van der Waals surface area contributed by atoms with Gasteiger partial charge in [0, 0.05) is 36.1 Å². The number of hydrogen-bond acceptors (Lipinski definition) is 4. The van der Waals surface area contributed by atoms with Crippen molar-refractivity contribution in [2.75, 3.05) is 5.32 Å². The number of hydrogen-bond donors (Lipinski definition) is 1. The highest BCUT2D eigenvalue weighted by molar-refractivity contribution is 5.92. The van der Waals surface area contributed by atoms with E-state index in [-0.39, 0.29) is 5.91 Å². The van der Waals surface area contributed by atoms with Gasteiger partial charge in [-0.05, 0) is 72.9 Å². The Kier molecular flexibility index (Phi) is 6.25. The summed E-state index contributed by atoms with van der Waals surface area (Å²) in [5, 5.41) is 3.87. The van der Waals surface area contributed by atoms with Gasteiger partial charge >= 0.3 is 0 Å². The molecule has 0 bridgehead atoms. The molecule has 0 aliphatic carbocycles. The number of aromatic nitrogens is 3. The molecule has 0 saturated carbocycles. The van der Waals surface area contributed by atoms with Crippen LogP contribution in [0.5, 0.6) is 5.75 Å². The molecule has 180 valence electrons. The summed E-state index contributed by atoms with van der Waals surface area (Å²) in [6.45, 7) is 8.15. The molecular weight excluding hydrogens is 448 g/mol. The van der Waals surface area contributed by atoms with Gasteiger partial charge in [-0.15, -0.1) is 0 Å². The highest BCUT2D eigenvalue weighted by Crippen LogP contribution is 2.33. The van der Waals surface area contributed by atoms with Crippen LogP contribution in [0.2, 0.25) is 0 Å². The first-order chi connectivity index (χ1) is 17.4. The highest BCUT2D eigenvalue weighted by Gasteiger charge is 2.14. The van der Waals surface area contributed by atoms with Crippen molar-refractivity contribution < 1.29 is 9.53 Å². The third-order valence-corrected chi connectivity index (χ3v) is 6.39. The number of ether oxygens (including phenoxy) is 1. The Labute approximate surface area is 210 Å². The molecule has 2 aromatic heterocycles. The van der Waals surface area contributed by atoms with E-state index >= 15 is 0 Å². The van der Waals surface area contributed by atoms with Gasteiger partial charge in [0.1, 0.15) is 17.9 Å². The standard InChI is InChI=1S/C30H28N4O2/c1-19-11-12-25(23-7-5-8-24(16-23)33-22(4)35)21(3)27(19)17-36-29-10-6-9-26-28(34-14-13-31-18-34)15-20(2)32-30(26)29/h5-16,18H,17H2,1-4H3,(H,33,35). The molecule has 6 heteroatoms. The number of nitrogens with zero attached hydrogens (tertiary/aromatic N) is 3. The SMILES string of the molecule is CC(=O)Nc1cccc(-c2ccc(C)c(COc3cccc4c(-n5ccnc5)cc(C)nc34)c2C)c1. The van der Waals surface area contributed by atoms with Crippen LogP contribution in [-0.2, 0) is 11.4 Å². The number of carbonyl (C=O) groups is 1. The first kappa shape index (κ1) is 23.3. The van der Waals surface area contributed by atoms with Crippen LogP contribution in [0.15, 0.2) is 79.4 Å². The van der Waals surface area contributed by atoms with Crippen molar-refractivity contribution in [1.82, 2.24) is 14.5 Å². The van der Waals surface area contributed by atoms with Gasteiger partial charge in [-0.1, -0.05) is 36.4 Å². The van der Waals surface area contributed by atoms with Gasteiger partial charge in [-0.2, -0.15) is 0 Å². The molecule has 5 aromatic rings. The second kappa shape index (κ2) is 9.66. The van der Waals surface area contributed by atoms with Crippen LogP contribution >= 0.6 is 0 Å². The first-order valence-corrected chi connectivity index (χ1v) is 11.9. The zero-order valence-electron chi connectivity index (χ0n) is 20.9. The molecule has 1 amide bonds. The van der Waals surface area contributed by atoms with Gasteiger partial charge in [0.2, 0.25) is 5.91 Å². The van der Waals surface area contributed by atoms with E-state index in [9.17, 15) is 4.79 Å². The maximum Gasteiger partial charge on any atom is 0.221 e. The fourth-order valence-corrected chi connectivity index (χ4v) is 4.61. The maximum atomic E-state index is 11.5. The Balaban J connectivity index is 1.49. The summed E-state index contributed by atoms with van der Waals surface area (Å²) in [6, 6.07) is 20.2. The fourth-order valence-electron chi connectivity index (χ4n) is 4.61. The number of amides is 1. The lowest BCUT2D eigenvalue weighted by Gasteiger charge is -2.17. The number of carbonyl (C=O) groups excluding carboxylic acids is 1. The molecule has 0 aliphatic heterocycles. The Morgan fingerprint density at radius 2 is 1.86 bits per heavy atom. The van der Waals surface area contributed by atoms with E-state index in [2.05, 4.69) is 54.5 Å². The summed E-state index contributed by atoms with van der Waals surface area (Å²) in [7, 11) is 0. The van der Waals surface area contributed by atoms with Crippen molar-refractivity contribution in [3.63, 3.8) is 0 Å². The summed E-state index contributed by atoms with van der Waals surface area (Å²) in [5.41, 5.74) is 9.16. The number of anilines is 1. The number of benzene rings is 3. The predicted molar refractivity (Wildman–Crippen MR) is 144 cm³/mol. The molecular formula is C30H28N4O2. The van der Waals surface area contributed by atoms with Crippen LogP contribution in [-0.4, -0.2) is 20.4 Å². The van der Waals surface area contributed by atoms with Gasteiger partial charge in [0.25, 0.3) is 0 Å². The smallest absolute Gasteiger partial charge is 0.221 e. The Morgan fingerprint density at radius 1 is 1.03 bits per heavy atom. The monoisotopic (exact) mass is 476 g/mol. The lowest BCUT2D eigenvalue weighted by atomic mass is 9.93. The average molecular weight is 477 g/mol. The van der Waals surface area contributed by atoms with E-state index in [0.29, 0.717) is 6.61 Å². The topological polar surface area (TPSA) is 69.0 Å². The fraction of sp³-hybridized carbons (Fsp3) is 0.167. The molecule has 6 nitrogen and oxygen atoms in total. The van der Waals surface area contributed by atoms with E-state index in [1.54, 1.807) is 12.5 Å². The molecule has 0 atom stereocenters. The van der Waals surface area contributed by atoms with Crippen LogP contribution in [0, 0.1) is 20.8 Å². The molecule has 0 saturated heterocycles. The van der Waals surface area contributed by atoms with Crippen molar-refractivity contribution >= 4 is 22.5 Å². The lowest BCUT2D eigenvalue weighted by molar-refractivity contribution is -0.114. The van der Waals surface area contributed by atoms with Gasteiger partial charge in [0.15, 0.2) is 0 Å². The zero-order chi connectivity index (χ0) is 25.2. The molecule has 0 radical (unpaired) electrons. The van der Waals surface area contributed by atoms with E-state index < -0.39 is 0 Å². The molecule has 3 aromatic carbocycles. The number of pyridine rings is 1. The normalized spacial score (nSPS) is 11.0. The van der Waals surface area contributed by atoms with Gasteiger partial charge in [-0.3, -0.25) is 4.79 Å². The summed E-state index contributed by atoms with van der Waals surface area (Å²) in [6.07, 6.45) is 5.49. The second-order valence-electron chi connectivity index (χ2n) is 8.99. The third-order valence-electron chi connectivity index (χ3n) is 6.39. The molecule has 1 N–H and O–H groups in total. The minimum atomic E-state index is -0.0861. The minimum Gasteiger partial charge on any atom is -0.487 e. The summed E-state index contributed by atoms with van der Waals surface area (Å²) >= 11 is 0. The molecule has 0 unspecified atom stereocenters. The van der Waals surface area contributed by atoms with Gasteiger partial charge < -0.3 is 14.6 Å². The molecule has 0 fully saturated rings. The van der Waals surface area contributed by atoms with E-state index in [0.717, 1.165) is 61.5 Å². The van der Waals surface area contributed by atoms with Crippen LogP contribution in [0.1, 0.15) is 29.3 Å². The van der Waals surface area contributed by atoms with E-state index in [1.165, 1.54) is 6.92 Å². The van der Waals surface area contributed by atoms with Crippen LogP contribution in [0.4, 0.5) is 5.69 Å². The quantitative estimate of drug-likeness (QED) is 0.302. The molecule has 2 heterocycles. The van der Waals surface area contributed by atoms with Gasteiger partial charge in [0.05, 0.1) is 12.0 Å². The number of rotatable bonds is 6. The molecule has 5 rings (SSSR count). The largest absolute Gasteiger partial charge is 0.487 e. The van der Waals surface area contributed by atoms with E-state index in [4.69, 9.17) is 9.72 Å². The Hall–Kier alpha value is -4.45.